The van der Waals surface area contributed by atoms with Gasteiger partial charge in [0.25, 0.3) is 5.91 Å². The quantitative estimate of drug-likeness (QED) is 0.391. The van der Waals surface area contributed by atoms with Gasteiger partial charge >= 0.3 is 5.97 Å². The van der Waals surface area contributed by atoms with E-state index in [1.807, 2.05) is 0 Å². The smallest absolute Gasteiger partial charge is 0.322 e. The topological polar surface area (TPSA) is 104 Å². The van der Waals surface area contributed by atoms with E-state index >= 15 is 0 Å². The Labute approximate surface area is 189 Å². The lowest BCUT2D eigenvalue weighted by molar-refractivity contribution is -0.135. The number of rotatable bonds is 6. The Kier molecular flexibility index (Phi) is 5.87. The number of fused-ring (bicyclic) bond motifs is 1. The molecule has 0 aliphatic heterocycles. The zero-order valence-corrected chi connectivity index (χ0v) is 18.7. The van der Waals surface area contributed by atoms with Crippen LogP contribution < -0.4 is 10.6 Å². The highest BCUT2D eigenvalue weighted by Gasteiger charge is 2.17. The molecule has 0 saturated carbocycles. The predicted molar refractivity (Wildman–Crippen MR) is 127 cm³/mol. The fraction of sp³-hybridized carbons (Fsp3) is 0.167. The Morgan fingerprint density at radius 3 is 2.44 bits per heavy atom. The van der Waals surface area contributed by atoms with Crippen LogP contribution in [0.5, 0.6) is 0 Å². The van der Waals surface area contributed by atoms with Gasteiger partial charge in [0.15, 0.2) is 0 Å². The zero-order chi connectivity index (χ0) is 22.8. The van der Waals surface area contributed by atoms with E-state index < -0.39 is 18.4 Å². The average molecular weight is 447 g/mol. The molecule has 3 N–H and O–H groups in total. The molecule has 2 aromatic heterocycles. The molecule has 0 aliphatic rings. The number of thiophene rings is 1. The van der Waals surface area contributed by atoms with Crippen molar-refractivity contribution in [1.29, 1.82) is 0 Å². The first-order valence-electron chi connectivity index (χ1n) is 10.0. The highest BCUT2D eigenvalue weighted by atomic mass is 32.1. The van der Waals surface area contributed by atoms with E-state index in [0.717, 1.165) is 31.9 Å². The van der Waals surface area contributed by atoms with Crippen molar-refractivity contribution in [1.82, 2.24) is 15.3 Å². The summed E-state index contributed by atoms with van der Waals surface area (Å²) in [4.78, 5) is 33.7. The number of benzene rings is 2. The van der Waals surface area contributed by atoms with Crippen LogP contribution in [0.3, 0.4) is 0 Å². The van der Waals surface area contributed by atoms with Crippen LogP contribution in [-0.4, -0.2) is 33.5 Å². The molecule has 0 saturated heterocycles. The third kappa shape index (κ3) is 4.31. The van der Waals surface area contributed by atoms with Crippen molar-refractivity contribution in [2.75, 3.05) is 11.9 Å². The number of carbonyl (C=O) groups excluding carboxylic acids is 1. The largest absolute Gasteiger partial charge is 0.480 e. The summed E-state index contributed by atoms with van der Waals surface area (Å²) < 4.78 is 0. The average Bonchev–Trinajstić information content (AvgIpc) is 3.11. The summed E-state index contributed by atoms with van der Waals surface area (Å²) in [5, 5.41) is 15.4. The summed E-state index contributed by atoms with van der Waals surface area (Å²) in [6.07, 6.45) is 1.54. The number of hydrogen-bond acceptors (Lipinski definition) is 6. The van der Waals surface area contributed by atoms with E-state index in [-0.39, 0.29) is 0 Å². The van der Waals surface area contributed by atoms with Crippen LogP contribution in [0.15, 0.2) is 48.8 Å². The van der Waals surface area contributed by atoms with Gasteiger partial charge < -0.3 is 15.7 Å². The maximum atomic E-state index is 12.0. The van der Waals surface area contributed by atoms with Crippen LogP contribution >= 0.6 is 11.3 Å². The molecule has 1 amide bonds. The Balaban J connectivity index is 1.67. The summed E-state index contributed by atoms with van der Waals surface area (Å²) in [7, 11) is 0. The number of carboxylic acid groups (broad SMARTS) is 1. The third-order valence-electron chi connectivity index (χ3n) is 5.27. The van der Waals surface area contributed by atoms with Crippen LogP contribution in [0, 0.1) is 20.8 Å². The number of carboxylic acids is 1. The Morgan fingerprint density at radius 1 is 1.00 bits per heavy atom. The molecular formula is C24H22N4O3S. The molecule has 162 valence electrons. The normalized spacial score (nSPS) is 10.8. The van der Waals surface area contributed by atoms with E-state index in [1.165, 1.54) is 11.1 Å². The summed E-state index contributed by atoms with van der Waals surface area (Å²) >= 11 is 1.63. The number of nitrogens with one attached hydrogen (secondary N) is 2. The fourth-order valence-corrected chi connectivity index (χ4v) is 4.50. The third-order valence-corrected chi connectivity index (χ3v) is 6.28. The molecule has 0 radical (unpaired) electrons. The molecule has 2 aromatic carbocycles. The first-order chi connectivity index (χ1) is 15.3. The zero-order valence-electron chi connectivity index (χ0n) is 17.9. The van der Waals surface area contributed by atoms with Gasteiger partial charge in [-0.15, -0.1) is 11.3 Å². The van der Waals surface area contributed by atoms with Crippen LogP contribution in [0.4, 0.5) is 11.5 Å². The van der Waals surface area contributed by atoms with Gasteiger partial charge in [-0.2, -0.15) is 0 Å². The molecule has 0 aliphatic carbocycles. The minimum atomic E-state index is -1.09. The van der Waals surface area contributed by atoms with Gasteiger partial charge in [0.1, 0.15) is 23.5 Å². The standard InChI is InChI=1S/C24H22N4O3S/c1-13-4-5-17(10-14(13)2)20-15(3)32-24-21(20)22(26-12-27-24)28-18-8-6-16(7-9-18)23(31)25-11-19(29)30/h4-10,12H,11H2,1-3H3,(H,25,31)(H,29,30)(H,26,27,28). The number of anilines is 2. The lowest BCUT2D eigenvalue weighted by Crippen LogP contribution is -2.29. The number of aromatic nitrogens is 2. The molecule has 0 bridgehead atoms. The van der Waals surface area contributed by atoms with E-state index in [2.05, 4.69) is 59.6 Å². The van der Waals surface area contributed by atoms with Gasteiger partial charge in [0.05, 0.1) is 5.39 Å². The number of amides is 1. The van der Waals surface area contributed by atoms with Crippen molar-refractivity contribution in [3.8, 4) is 11.1 Å². The number of carbonyl (C=O) groups is 2. The Morgan fingerprint density at radius 2 is 1.75 bits per heavy atom. The second-order valence-corrected chi connectivity index (χ2v) is 8.72. The highest BCUT2D eigenvalue weighted by Crippen LogP contribution is 2.41. The van der Waals surface area contributed by atoms with Gasteiger partial charge in [-0.1, -0.05) is 18.2 Å². The minimum absolute atomic E-state index is 0.381. The summed E-state index contributed by atoms with van der Waals surface area (Å²) in [6, 6.07) is 13.2. The Bertz CT molecular complexity index is 1330. The highest BCUT2D eigenvalue weighted by molar-refractivity contribution is 7.19. The summed E-state index contributed by atoms with van der Waals surface area (Å²) in [5.74, 6) is -0.834. The van der Waals surface area contributed by atoms with E-state index in [1.54, 1.807) is 41.9 Å². The first kappa shape index (κ1) is 21.5. The van der Waals surface area contributed by atoms with Crippen molar-refractivity contribution >= 4 is 44.9 Å². The second kappa shape index (κ2) is 8.76. The molecule has 8 heteroatoms. The van der Waals surface area contributed by atoms with Crippen molar-refractivity contribution in [3.63, 3.8) is 0 Å². The Hall–Kier alpha value is -3.78. The van der Waals surface area contributed by atoms with Crippen LogP contribution in [0.25, 0.3) is 21.3 Å². The van der Waals surface area contributed by atoms with Gasteiger partial charge in [-0.3, -0.25) is 9.59 Å². The van der Waals surface area contributed by atoms with Crippen LogP contribution in [0.1, 0.15) is 26.4 Å². The molecular weight excluding hydrogens is 424 g/mol. The molecule has 0 fully saturated rings. The summed E-state index contributed by atoms with van der Waals surface area (Å²) in [5.41, 5.74) is 5.85. The number of hydrogen-bond donors (Lipinski definition) is 3. The lowest BCUT2D eigenvalue weighted by Gasteiger charge is -2.11. The molecule has 0 atom stereocenters. The van der Waals surface area contributed by atoms with Crippen molar-refractivity contribution in [3.05, 3.63) is 70.4 Å². The van der Waals surface area contributed by atoms with E-state index in [4.69, 9.17) is 5.11 Å². The van der Waals surface area contributed by atoms with Gasteiger partial charge in [0, 0.05) is 21.7 Å². The van der Waals surface area contributed by atoms with Gasteiger partial charge in [-0.05, 0) is 61.7 Å². The van der Waals surface area contributed by atoms with Crippen LogP contribution in [0.2, 0.25) is 0 Å². The summed E-state index contributed by atoms with van der Waals surface area (Å²) in [6.45, 7) is 5.87. The van der Waals surface area contributed by atoms with Crippen LogP contribution in [-0.2, 0) is 4.79 Å². The van der Waals surface area contributed by atoms with E-state index in [0.29, 0.717) is 11.4 Å². The van der Waals surface area contributed by atoms with Crippen molar-refractivity contribution in [2.45, 2.75) is 20.8 Å². The molecule has 7 nitrogen and oxygen atoms in total. The van der Waals surface area contributed by atoms with Crippen molar-refractivity contribution in [2.24, 2.45) is 0 Å². The predicted octanol–water partition coefficient (Wildman–Crippen LogP) is 4.84. The fourth-order valence-electron chi connectivity index (χ4n) is 3.48. The first-order valence-corrected chi connectivity index (χ1v) is 10.8. The second-order valence-electron chi connectivity index (χ2n) is 7.51. The number of nitrogens with zero attached hydrogens (tertiary/aromatic N) is 2. The molecule has 0 spiro atoms. The van der Waals surface area contributed by atoms with Crippen molar-refractivity contribution < 1.29 is 14.7 Å². The maximum Gasteiger partial charge on any atom is 0.322 e. The molecule has 4 rings (SSSR count). The minimum Gasteiger partial charge on any atom is -0.480 e. The maximum absolute atomic E-state index is 12.0. The lowest BCUT2D eigenvalue weighted by atomic mass is 9.99. The molecule has 4 aromatic rings. The number of aliphatic carboxylic acids is 1. The van der Waals surface area contributed by atoms with Gasteiger partial charge in [0.2, 0.25) is 0 Å². The molecule has 0 unspecified atom stereocenters. The molecule has 32 heavy (non-hydrogen) atoms. The van der Waals surface area contributed by atoms with E-state index in [9.17, 15) is 9.59 Å². The monoisotopic (exact) mass is 446 g/mol. The van der Waals surface area contributed by atoms with Gasteiger partial charge in [-0.25, -0.2) is 9.97 Å². The SMILES string of the molecule is Cc1ccc(-c2c(C)sc3ncnc(Nc4ccc(C(=O)NCC(=O)O)cc4)c23)cc1C. The number of aryl methyl sites for hydroxylation is 3. The molecule has 2 heterocycles.